The van der Waals surface area contributed by atoms with Crippen LogP contribution in [0.25, 0.3) is 0 Å². The van der Waals surface area contributed by atoms with Crippen molar-refractivity contribution in [1.29, 1.82) is 0 Å². The largest absolute Gasteiger partial charge is 0.369 e. The van der Waals surface area contributed by atoms with Crippen LogP contribution in [0.15, 0.2) is 41.5 Å². The second kappa shape index (κ2) is 6.00. The summed E-state index contributed by atoms with van der Waals surface area (Å²) in [6.07, 6.45) is 1.43. The number of aliphatic imine (C=N–C) groups is 1. The number of aromatic nitrogens is 1. The average Bonchev–Trinajstić information content (AvgIpc) is 2.37. The maximum Gasteiger partial charge on any atom is 0.313 e. The number of nitro groups is 1. The quantitative estimate of drug-likeness (QED) is 0.390. The molecule has 0 saturated heterocycles. The molecule has 1 aromatic heterocycles. The number of pyridine rings is 1. The molecule has 2 rings (SSSR count). The summed E-state index contributed by atoms with van der Waals surface area (Å²) in [5.41, 5.74) is 8.52. The summed E-state index contributed by atoms with van der Waals surface area (Å²) >= 11 is 0. The minimum Gasteiger partial charge on any atom is -0.369 e. The third-order valence-electron chi connectivity index (χ3n) is 2.68. The zero-order valence-electron chi connectivity index (χ0n) is 11.7. The Morgan fingerprint density at radius 1 is 1.33 bits per heavy atom. The summed E-state index contributed by atoms with van der Waals surface area (Å²) in [6, 6.07) is 8.65. The van der Waals surface area contributed by atoms with Gasteiger partial charge in [-0.15, -0.1) is 0 Å². The van der Waals surface area contributed by atoms with Gasteiger partial charge in [-0.3, -0.25) is 10.1 Å². The number of nitrogens with two attached hydrogens (primary N) is 1. The minimum atomic E-state index is -0.546. The summed E-state index contributed by atoms with van der Waals surface area (Å²) < 4.78 is 0. The minimum absolute atomic E-state index is 0.0307. The SMILES string of the molecule is Cc1cc(C)cc(N/C(N)=N/c2ncccc2[N+](=O)[O-])c1. The van der Waals surface area contributed by atoms with Gasteiger partial charge >= 0.3 is 5.69 Å². The summed E-state index contributed by atoms with van der Waals surface area (Å²) in [6.45, 7) is 3.93. The molecule has 21 heavy (non-hydrogen) atoms. The second-order valence-electron chi connectivity index (χ2n) is 4.60. The normalized spacial score (nSPS) is 11.2. The van der Waals surface area contributed by atoms with Gasteiger partial charge in [0.05, 0.1) is 4.92 Å². The third-order valence-corrected chi connectivity index (χ3v) is 2.68. The second-order valence-corrected chi connectivity index (χ2v) is 4.60. The lowest BCUT2D eigenvalue weighted by molar-refractivity contribution is -0.384. The van der Waals surface area contributed by atoms with E-state index in [-0.39, 0.29) is 17.5 Å². The lowest BCUT2D eigenvalue weighted by Crippen LogP contribution is -2.22. The van der Waals surface area contributed by atoms with Crippen molar-refractivity contribution in [1.82, 2.24) is 4.98 Å². The molecular formula is C14H15N5O2. The molecule has 7 heteroatoms. The van der Waals surface area contributed by atoms with Gasteiger partial charge in [0.2, 0.25) is 5.82 Å². The Morgan fingerprint density at radius 2 is 2.00 bits per heavy atom. The standard InChI is InChI=1S/C14H15N5O2/c1-9-6-10(2)8-11(7-9)17-14(15)18-13-12(19(20)21)4-3-5-16-13/h3-8H,1-2H3,(H3,15,16,17,18). The van der Waals surface area contributed by atoms with E-state index in [4.69, 9.17) is 5.73 Å². The van der Waals surface area contributed by atoms with E-state index >= 15 is 0 Å². The van der Waals surface area contributed by atoms with Crippen molar-refractivity contribution >= 4 is 23.2 Å². The van der Waals surface area contributed by atoms with Crippen LogP contribution >= 0.6 is 0 Å². The van der Waals surface area contributed by atoms with Gasteiger partial charge in [0, 0.05) is 18.0 Å². The Hall–Kier alpha value is -2.96. The fraction of sp³-hybridized carbons (Fsp3) is 0.143. The zero-order valence-corrected chi connectivity index (χ0v) is 11.7. The number of aryl methyl sites for hydroxylation is 2. The summed E-state index contributed by atoms with van der Waals surface area (Å²) in [5, 5.41) is 13.8. The highest BCUT2D eigenvalue weighted by molar-refractivity contribution is 5.94. The molecule has 0 aliphatic carbocycles. The number of anilines is 1. The highest BCUT2D eigenvalue weighted by atomic mass is 16.6. The van der Waals surface area contributed by atoms with Crippen molar-refractivity contribution in [2.24, 2.45) is 10.7 Å². The van der Waals surface area contributed by atoms with E-state index in [1.165, 1.54) is 18.3 Å². The summed E-state index contributed by atoms with van der Waals surface area (Å²) in [5.74, 6) is 0.0127. The number of hydrogen-bond donors (Lipinski definition) is 2. The Balaban J connectivity index is 2.27. The van der Waals surface area contributed by atoms with E-state index < -0.39 is 4.92 Å². The van der Waals surface area contributed by atoms with Crippen molar-refractivity contribution in [3.05, 3.63) is 57.8 Å². The van der Waals surface area contributed by atoms with Crippen LogP contribution in [0.1, 0.15) is 11.1 Å². The van der Waals surface area contributed by atoms with E-state index in [0.717, 1.165) is 16.8 Å². The molecule has 0 aliphatic rings. The number of nitrogens with one attached hydrogen (secondary N) is 1. The van der Waals surface area contributed by atoms with Crippen LogP contribution < -0.4 is 11.1 Å². The fourth-order valence-corrected chi connectivity index (χ4v) is 1.95. The van der Waals surface area contributed by atoms with Gasteiger partial charge in [0.1, 0.15) is 0 Å². The van der Waals surface area contributed by atoms with Gasteiger partial charge in [0.15, 0.2) is 5.96 Å². The Morgan fingerprint density at radius 3 is 2.62 bits per heavy atom. The number of nitrogens with zero attached hydrogens (tertiary/aromatic N) is 3. The molecule has 0 spiro atoms. The van der Waals surface area contributed by atoms with Crippen LogP contribution in [0.2, 0.25) is 0 Å². The Bertz CT molecular complexity index is 692. The molecule has 0 amide bonds. The van der Waals surface area contributed by atoms with Crippen molar-refractivity contribution in [2.45, 2.75) is 13.8 Å². The van der Waals surface area contributed by atoms with Crippen molar-refractivity contribution in [3.8, 4) is 0 Å². The van der Waals surface area contributed by atoms with E-state index in [1.807, 2.05) is 32.0 Å². The average molecular weight is 285 g/mol. The van der Waals surface area contributed by atoms with Gasteiger partial charge in [0.25, 0.3) is 0 Å². The molecule has 0 saturated carbocycles. The van der Waals surface area contributed by atoms with Gasteiger partial charge in [-0.2, -0.15) is 4.99 Å². The topological polar surface area (TPSA) is 106 Å². The predicted octanol–water partition coefficient (Wildman–Crippen LogP) is 2.66. The van der Waals surface area contributed by atoms with Gasteiger partial charge < -0.3 is 11.1 Å². The molecule has 1 heterocycles. The first-order valence-electron chi connectivity index (χ1n) is 6.24. The molecule has 0 aliphatic heterocycles. The Kier molecular flexibility index (Phi) is 4.13. The number of benzene rings is 1. The first-order chi connectivity index (χ1) is 9.95. The molecule has 0 fully saturated rings. The third kappa shape index (κ3) is 3.75. The molecule has 3 N–H and O–H groups in total. The smallest absolute Gasteiger partial charge is 0.313 e. The molecule has 0 unspecified atom stereocenters. The lowest BCUT2D eigenvalue weighted by atomic mass is 10.1. The van der Waals surface area contributed by atoms with Crippen LogP contribution in [-0.4, -0.2) is 15.9 Å². The highest BCUT2D eigenvalue weighted by Crippen LogP contribution is 2.23. The van der Waals surface area contributed by atoms with Gasteiger partial charge in [-0.1, -0.05) is 6.07 Å². The molecule has 1 aromatic carbocycles. The maximum atomic E-state index is 10.9. The zero-order chi connectivity index (χ0) is 15.4. The number of hydrogen-bond acceptors (Lipinski definition) is 4. The van der Waals surface area contributed by atoms with E-state index in [0.29, 0.717) is 0 Å². The molecule has 0 atom stereocenters. The molecular weight excluding hydrogens is 270 g/mol. The molecule has 0 bridgehead atoms. The molecule has 0 radical (unpaired) electrons. The van der Waals surface area contributed by atoms with Crippen molar-refractivity contribution < 1.29 is 4.92 Å². The number of rotatable bonds is 3. The van der Waals surface area contributed by atoms with Crippen LogP contribution in [-0.2, 0) is 0 Å². The van der Waals surface area contributed by atoms with Crippen LogP contribution in [0.5, 0.6) is 0 Å². The van der Waals surface area contributed by atoms with Gasteiger partial charge in [-0.05, 0) is 43.2 Å². The summed E-state index contributed by atoms with van der Waals surface area (Å²) in [4.78, 5) is 18.2. The van der Waals surface area contributed by atoms with E-state index in [1.54, 1.807) is 0 Å². The van der Waals surface area contributed by atoms with Crippen molar-refractivity contribution in [3.63, 3.8) is 0 Å². The van der Waals surface area contributed by atoms with Crippen LogP contribution in [0.3, 0.4) is 0 Å². The predicted molar refractivity (Wildman–Crippen MR) is 81.7 cm³/mol. The first kappa shape index (κ1) is 14.4. The fourth-order valence-electron chi connectivity index (χ4n) is 1.95. The molecule has 108 valence electrons. The van der Waals surface area contributed by atoms with Crippen molar-refractivity contribution in [2.75, 3.05) is 5.32 Å². The molecule has 7 nitrogen and oxygen atoms in total. The van der Waals surface area contributed by atoms with E-state index in [9.17, 15) is 10.1 Å². The maximum absolute atomic E-state index is 10.9. The lowest BCUT2D eigenvalue weighted by Gasteiger charge is -2.07. The highest BCUT2D eigenvalue weighted by Gasteiger charge is 2.13. The first-order valence-corrected chi connectivity index (χ1v) is 6.24. The Labute approximate surface area is 121 Å². The summed E-state index contributed by atoms with van der Waals surface area (Å²) in [7, 11) is 0. The monoisotopic (exact) mass is 285 g/mol. The number of guanidine groups is 1. The van der Waals surface area contributed by atoms with E-state index in [2.05, 4.69) is 15.3 Å². The van der Waals surface area contributed by atoms with Crippen LogP contribution in [0.4, 0.5) is 17.2 Å². The van der Waals surface area contributed by atoms with Gasteiger partial charge in [-0.25, -0.2) is 4.98 Å². The van der Waals surface area contributed by atoms with Crippen LogP contribution in [0, 0.1) is 24.0 Å². The molecule has 2 aromatic rings.